The number of benzene rings is 2. The number of H-pyrrole nitrogens is 1. The highest BCUT2D eigenvalue weighted by atomic mass is 16.6. The minimum Gasteiger partial charge on any atom is -0.490 e. The second-order valence-corrected chi connectivity index (χ2v) is 7.57. The number of anilines is 1. The van der Waals surface area contributed by atoms with E-state index >= 15 is 0 Å². The number of aromatic hydroxyl groups is 1. The largest absolute Gasteiger partial charge is 0.490 e. The Kier molecular flexibility index (Phi) is 6.76. The van der Waals surface area contributed by atoms with Crippen LogP contribution < -0.4 is 19.9 Å². The van der Waals surface area contributed by atoms with E-state index < -0.39 is 22.0 Å². The average molecular weight is 478 g/mol. The number of nitrogens with one attached hydrogen (secondary N) is 1. The zero-order valence-corrected chi connectivity index (χ0v) is 18.8. The molecule has 3 aromatic rings. The van der Waals surface area contributed by atoms with Crippen LogP contribution in [0.2, 0.25) is 0 Å². The van der Waals surface area contributed by atoms with Crippen LogP contribution in [0.3, 0.4) is 0 Å². The van der Waals surface area contributed by atoms with Crippen molar-refractivity contribution in [3.63, 3.8) is 0 Å². The van der Waals surface area contributed by atoms with Gasteiger partial charge in [-0.1, -0.05) is 30.3 Å². The number of carbonyl (C=O) groups excluding carboxylic acids is 1. The van der Waals surface area contributed by atoms with E-state index in [4.69, 9.17) is 9.47 Å². The molecule has 0 radical (unpaired) electrons. The molecular formula is C24H22N4O7. The summed E-state index contributed by atoms with van der Waals surface area (Å²) >= 11 is 0. The van der Waals surface area contributed by atoms with Gasteiger partial charge in [0.15, 0.2) is 18.1 Å². The fourth-order valence-corrected chi connectivity index (χ4v) is 3.72. The molecule has 0 bridgehead atoms. The number of ether oxygens (including phenoxy) is 2. The molecule has 1 amide bonds. The van der Waals surface area contributed by atoms with Gasteiger partial charge in [0, 0.05) is 12.2 Å². The number of nitrogens with zero attached hydrogens (tertiary/aromatic N) is 3. The molecule has 2 aromatic carbocycles. The van der Waals surface area contributed by atoms with Gasteiger partial charge in [0.1, 0.15) is 5.82 Å². The normalized spacial score (nSPS) is 12.5. The number of hydrogen-bond acceptors (Lipinski definition) is 8. The molecule has 0 saturated heterocycles. The van der Waals surface area contributed by atoms with Crippen LogP contribution in [-0.4, -0.2) is 45.7 Å². The third-order valence-corrected chi connectivity index (χ3v) is 5.32. The Hall–Kier alpha value is -4.67. The van der Waals surface area contributed by atoms with Gasteiger partial charge in [0.05, 0.1) is 11.5 Å². The Morgan fingerprint density at radius 3 is 2.77 bits per heavy atom. The first-order valence-corrected chi connectivity index (χ1v) is 10.8. The molecule has 0 spiro atoms. The van der Waals surface area contributed by atoms with Crippen LogP contribution in [0.1, 0.15) is 23.9 Å². The van der Waals surface area contributed by atoms with E-state index in [1.165, 1.54) is 6.08 Å². The quantitative estimate of drug-likeness (QED) is 0.371. The Morgan fingerprint density at radius 1 is 1.23 bits per heavy atom. The number of hydrogen-bond donors (Lipinski definition) is 2. The van der Waals surface area contributed by atoms with E-state index in [1.807, 2.05) is 31.2 Å². The van der Waals surface area contributed by atoms with Crippen molar-refractivity contribution in [1.29, 1.82) is 0 Å². The highest BCUT2D eigenvalue weighted by Crippen LogP contribution is 2.31. The lowest BCUT2D eigenvalue weighted by atomic mass is 10.2. The molecule has 0 aliphatic carbocycles. The van der Waals surface area contributed by atoms with Gasteiger partial charge in [-0.3, -0.25) is 19.7 Å². The Bertz CT molecular complexity index is 1370. The number of nitro groups is 1. The van der Waals surface area contributed by atoms with Gasteiger partial charge in [0.25, 0.3) is 11.8 Å². The van der Waals surface area contributed by atoms with Crippen molar-refractivity contribution >= 4 is 29.4 Å². The summed E-state index contributed by atoms with van der Waals surface area (Å²) in [5.74, 6) is -0.383. The lowest BCUT2D eigenvalue weighted by Gasteiger charge is -2.18. The number of amides is 1. The summed E-state index contributed by atoms with van der Waals surface area (Å²) in [7, 11) is 0. The van der Waals surface area contributed by atoms with Crippen molar-refractivity contribution in [1.82, 2.24) is 9.97 Å². The average Bonchev–Trinajstić information content (AvgIpc) is 3.26. The summed E-state index contributed by atoms with van der Waals surface area (Å²) in [5.41, 5.74) is 0.584. The minimum absolute atomic E-state index is 0.0622. The standard InChI is InChI=1S/C24H22N4O7/c1-2-34-19-13-15(8-10-20-25-23(30)22(28(32)33)24(31)26-20)7-9-18(19)35-14-21(29)27-12-11-16-5-3-4-6-17(16)27/h3-10,13H,2,11-12,14H2,1H3,(H2,25,26,30,31)/b10-8+. The van der Waals surface area contributed by atoms with Gasteiger partial charge < -0.3 is 24.5 Å². The Balaban J connectivity index is 1.48. The molecule has 2 N–H and O–H groups in total. The molecule has 180 valence electrons. The van der Waals surface area contributed by atoms with Gasteiger partial charge in [-0.05, 0) is 48.7 Å². The molecule has 35 heavy (non-hydrogen) atoms. The van der Waals surface area contributed by atoms with E-state index in [2.05, 4.69) is 9.97 Å². The SMILES string of the molecule is CCOc1cc(/C=C/c2nc(O)c([N+](=O)[O-])c(=O)[nH]2)ccc1OCC(=O)N1CCc2ccccc21. The van der Waals surface area contributed by atoms with E-state index in [0.717, 1.165) is 17.7 Å². The van der Waals surface area contributed by atoms with Crippen molar-refractivity contribution in [2.24, 2.45) is 0 Å². The third kappa shape index (κ3) is 5.13. The van der Waals surface area contributed by atoms with Crippen LogP contribution in [0, 0.1) is 10.1 Å². The van der Waals surface area contributed by atoms with Crippen LogP contribution in [0.5, 0.6) is 17.4 Å². The first-order chi connectivity index (χ1) is 16.9. The molecular weight excluding hydrogens is 456 g/mol. The van der Waals surface area contributed by atoms with Crippen molar-refractivity contribution in [2.75, 3.05) is 24.7 Å². The third-order valence-electron chi connectivity index (χ3n) is 5.32. The van der Waals surface area contributed by atoms with Gasteiger partial charge in [-0.25, -0.2) is 0 Å². The number of aromatic nitrogens is 2. The molecule has 0 unspecified atom stereocenters. The molecule has 11 nitrogen and oxygen atoms in total. The van der Waals surface area contributed by atoms with E-state index in [-0.39, 0.29) is 18.3 Å². The number of para-hydroxylation sites is 1. The van der Waals surface area contributed by atoms with E-state index in [1.54, 1.807) is 29.2 Å². The molecule has 2 heterocycles. The fourth-order valence-electron chi connectivity index (χ4n) is 3.72. The maximum Gasteiger partial charge on any atom is 0.395 e. The van der Waals surface area contributed by atoms with Crippen LogP contribution in [0.25, 0.3) is 12.2 Å². The molecule has 0 fully saturated rings. The number of rotatable bonds is 8. The monoisotopic (exact) mass is 478 g/mol. The van der Waals surface area contributed by atoms with Crippen LogP contribution in [0.15, 0.2) is 47.3 Å². The van der Waals surface area contributed by atoms with Gasteiger partial charge in [-0.2, -0.15) is 4.98 Å². The second kappa shape index (κ2) is 10.1. The van der Waals surface area contributed by atoms with Gasteiger partial charge in [-0.15, -0.1) is 0 Å². The molecule has 1 aromatic heterocycles. The lowest BCUT2D eigenvalue weighted by Crippen LogP contribution is -2.33. The van der Waals surface area contributed by atoms with Crippen molar-refractivity contribution in [3.05, 3.63) is 79.9 Å². The molecule has 0 atom stereocenters. The minimum atomic E-state index is -1.06. The number of carbonyl (C=O) groups is 1. The van der Waals surface area contributed by atoms with Crippen LogP contribution >= 0.6 is 0 Å². The summed E-state index contributed by atoms with van der Waals surface area (Å²) in [4.78, 5) is 41.9. The molecule has 11 heteroatoms. The maximum absolute atomic E-state index is 12.7. The molecule has 0 saturated carbocycles. The highest BCUT2D eigenvalue weighted by Gasteiger charge is 2.25. The van der Waals surface area contributed by atoms with Gasteiger partial charge in [0.2, 0.25) is 0 Å². The smallest absolute Gasteiger partial charge is 0.395 e. The fraction of sp³-hybridized carbons (Fsp3) is 0.208. The van der Waals surface area contributed by atoms with E-state index in [0.29, 0.717) is 30.2 Å². The lowest BCUT2D eigenvalue weighted by molar-refractivity contribution is -0.387. The zero-order chi connectivity index (χ0) is 24.9. The first kappa shape index (κ1) is 23.5. The summed E-state index contributed by atoms with van der Waals surface area (Å²) in [6.07, 6.45) is 3.76. The van der Waals surface area contributed by atoms with Gasteiger partial charge >= 0.3 is 11.2 Å². The molecule has 4 rings (SSSR count). The van der Waals surface area contributed by atoms with Crippen LogP contribution in [-0.2, 0) is 11.2 Å². The highest BCUT2D eigenvalue weighted by molar-refractivity contribution is 5.96. The Morgan fingerprint density at radius 2 is 2.03 bits per heavy atom. The topological polar surface area (TPSA) is 148 Å². The zero-order valence-electron chi connectivity index (χ0n) is 18.8. The molecule has 1 aliphatic heterocycles. The summed E-state index contributed by atoms with van der Waals surface area (Å²) in [6, 6.07) is 12.8. The van der Waals surface area contributed by atoms with Crippen molar-refractivity contribution < 1.29 is 24.3 Å². The van der Waals surface area contributed by atoms with E-state index in [9.17, 15) is 24.8 Å². The first-order valence-electron chi connectivity index (χ1n) is 10.8. The number of fused-ring (bicyclic) bond motifs is 1. The second-order valence-electron chi connectivity index (χ2n) is 7.57. The summed E-state index contributed by atoms with van der Waals surface area (Å²) < 4.78 is 11.4. The summed E-state index contributed by atoms with van der Waals surface area (Å²) in [6.45, 7) is 2.63. The Labute approximate surface area is 199 Å². The van der Waals surface area contributed by atoms with Crippen molar-refractivity contribution in [2.45, 2.75) is 13.3 Å². The van der Waals surface area contributed by atoms with Crippen molar-refractivity contribution in [3.8, 4) is 17.4 Å². The summed E-state index contributed by atoms with van der Waals surface area (Å²) in [5, 5.41) is 20.5. The maximum atomic E-state index is 12.7. The van der Waals surface area contributed by atoms with Crippen LogP contribution in [0.4, 0.5) is 11.4 Å². The predicted molar refractivity (Wildman–Crippen MR) is 128 cm³/mol. The number of aromatic amines is 1. The predicted octanol–water partition coefficient (Wildman–Crippen LogP) is 2.92. The molecule has 1 aliphatic rings.